The second kappa shape index (κ2) is 50.4. The molecular formula is C60H101NO8P+. The standard InChI is InChI=1S/C60H100NO8P/c1-6-8-10-12-14-16-18-20-21-22-23-24-25-26-27-28-29-30-31-32-33-34-35-36-37-38-39-41-43-45-47-49-51-53-60(63)69-58(57-68-70(64,65)67-55-54-61(3,4)5)56-66-59(62)52-50-48-46-44-42-40-19-17-15-13-11-9-7-2/h8,10-11,13-14,16-17,19-21,23-24,26-27,29-30,32-33,35-36,58H,6-7,9,12,15,18,22,25,28,31,34,37-57H2,1-5H3/p+1/b10-8-,13-11-,16-14-,19-17-,21-20-,24-23-,27-26-,30-29-,33-32-,36-35-. The second-order valence-electron chi connectivity index (χ2n) is 18.9. The quantitative estimate of drug-likeness (QED) is 0.0211. The van der Waals surface area contributed by atoms with Crippen LogP contribution in [0.5, 0.6) is 0 Å². The van der Waals surface area contributed by atoms with E-state index in [0.717, 1.165) is 122 Å². The van der Waals surface area contributed by atoms with Crippen LogP contribution < -0.4 is 0 Å². The van der Waals surface area contributed by atoms with Gasteiger partial charge in [-0.2, -0.15) is 0 Å². The van der Waals surface area contributed by atoms with Gasteiger partial charge in [0.25, 0.3) is 0 Å². The zero-order chi connectivity index (χ0) is 51.3. The van der Waals surface area contributed by atoms with E-state index in [1.807, 2.05) is 21.1 Å². The fourth-order valence-electron chi connectivity index (χ4n) is 6.77. The number of rotatable bonds is 48. The number of hydrogen-bond donors (Lipinski definition) is 1. The maximum Gasteiger partial charge on any atom is 0.472 e. The first-order chi connectivity index (χ1) is 34.0. The fraction of sp³-hybridized carbons (Fsp3) is 0.633. The van der Waals surface area contributed by atoms with E-state index in [2.05, 4.69) is 135 Å². The van der Waals surface area contributed by atoms with E-state index in [1.165, 1.54) is 32.1 Å². The van der Waals surface area contributed by atoms with Crippen molar-refractivity contribution in [2.45, 2.75) is 200 Å². The van der Waals surface area contributed by atoms with Crippen LogP contribution in [0.25, 0.3) is 0 Å². The summed E-state index contributed by atoms with van der Waals surface area (Å²) < 4.78 is 34.4. The molecule has 0 fully saturated rings. The van der Waals surface area contributed by atoms with Crippen molar-refractivity contribution in [2.24, 2.45) is 0 Å². The van der Waals surface area contributed by atoms with E-state index in [0.29, 0.717) is 23.9 Å². The van der Waals surface area contributed by atoms with E-state index < -0.39 is 26.5 Å². The zero-order valence-electron chi connectivity index (χ0n) is 45.0. The van der Waals surface area contributed by atoms with Crippen LogP contribution in [0, 0.1) is 0 Å². The molecule has 0 amide bonds. The van der Waals surface area contributed by atoms with Crippen molar-refractivity contribution in [1.82, 2.24) is 0 Å². The minimum absolute atomic E-state index is 0.0211. The zero-order valence-corrected chi connectivity index (χ0v) is 45.8. The summed E-state index contributed by atoms with van der Waals surface area (Å²) in [4.78, 5) is 35.5. The molecule has 2 unspecified atom stereocenters. The Bertz CT molecular complexity index is 1590. The summed E-state index contributed by atoms with van der Waals surface area (Å²) in [5.74, 6) is -0.834. The normalized spacial score (nSPS) is 14.3. The molecule has 0 radical (unpaired) electrons. The Morgan fingerprint density at radius 2 is 0.814 bits per heavy atom. The summed E-state index contributed by atoms with van der Waals surface area (Å²) in [6.07, 6.45) is 71.2. The van der Waals surface area contributed by atoms with E-state index >= 15 is 0 Å². The van der Waals surface area contributed by atoms with Gasteiger partial charge in [0.15, 0.2) is 6.10 Å². The van der Waals surface area contributed by atoms with Crippen molar-refractivity contribution in [3.63, 3.8) is 0 Å². The molecule has 0 bridgehead atoms. The molecule has 0 saturated heterocycles. The number of esters is 2. The molecule has 0 aromatic heterocycles. The number of ether oxygens (including phenoxy) is 2. The number of nitrogens with zero attached hydrogens (tertiary/aromatic N) is 1. The third-order valence-electron chi connectivity index (χ3n) is 11.0. The summed E-state index contributed by atoms with van der Waals surface area (Å²) in [6.45, 7) is 4.20. The van der Waals surface area contributed by atoms with Gasteiger partial charge in [-0.05, 0) is 103 Å². The van der Waals surface area contributed by atoms with Gasteiger partial charge in [0.1, 0.15) is 19.8 Å². The van der Waals surface area contributed by atoms with Gasteiger partial charge in [0.2, 0.25) is 0 Å². The van der Waals surface area contributed by atoms with Gasteiger partial charge >= 0.3 is 19.8 Å². The Kier molecular flexibility index (Phi) is 47.8. The molecule has 70 heavy (non-hydrogen) atoms. The molecule has 0 rings (SSSR count). The highest BCUT2D eigenvalue weighted by atomic mass is 31.2. The van der Waals surface area contributed by atoms with Gasteiger partial charge in [-0.1, -0.05) is 200 Å². The molecule has 0 aromatic rings. The lowest BCUT2D eigenvalue weighted by Gasteiger charge is -2.24. The Hall–Kier alpha value is -3.59. The number of phosphoric ester groups is 1. The lowest BCUT2D eigenvalue weighted by molar-refractivity contribution is -0.870. The van der Waals surface area contributed by atoms with Crippen molar-refractivity contribution in [3.05, 3.63) is 122 Å². The van der Waals surface area contributed by atoms with Crippen molar-refractivity contribution in [1.29, 1.82) is 0 Å². The van der Waals surface area contributed by atoms with E-state index in [9.17, 15) is 19.0 Å². The van der Waals surface area contributed by atoms with Crippen molar-refractivity contribution >= 4 is 19.8 Å². The van der Waals surface area contributed by atoms with E-state index in [-0.39, 0.29) is 32.0 Å². The van der Waals surface area contributed by atoms with Crippen molar-refractivity contribution < 1.29 is 42.1 Å². The third kappa shape index (κ3) is 53.8. The molecule has 0 aromatic carbocycles. The summed E-state index contributed by atoms with van der Waals surface area (Å²) >= 11 is 0. The first kappa shape index (κ1) is 66.4. The van der Waals surface area contributed by atoms with Crippen LogP contribution in [-0.2, 0) is 32.7 Å². The van der Waals surface area contributed by atoms with Crippen LogP contribution in [0.2, 0.25) is 0 Å². The monoisotopic (exact) mass is 995 g/mol. The van der Waals surface area contributed by atoms with Crippen LogP contribution >= 0.6 is 7.82 Å². The summed E-state index contributed by atoms with van der Waals surface area (Å²) in [7, 11) is 1.44. The predicted molar refractivity (Wildman–Crippen MR) is 297 cm³/mol. The summed E-state index contributed by atoms with van der Waals surface area (Å²) in [5, 5.41) is 0. The van der Waals surface area contributed by atoms with Gasteiger partial charge in [0, 0.05) is 12.8 Å². The minimum Gasteiger partial charge on any atom is -0.462 e. The van der Waals surface area contributed by atoms with Gasteiger partial charge in [-0.25, -0.2) is 4.57 Å². The molecule has 2 atom stereocenters. The molecule has 0 aliphatic heterocycles. The molecule has 1 N–H and O–H groups in total. The first-order valence-corrected chi connectivity index (χ1v) is 28.8. The second-order valence-corrected chi connectivity index (χ2v) is 20.3. The molecule has 0 spiro atoms. The fourth-order valence-corrected chi connectivity index (χ4v) is 7.51. The maximum atomic E-state index is 12.8. The molecule has 0 saturated carbocycles. The average molecular weight is 995 g/mol. The Morgan fingerprint density at radius 1 is 0.457 bits per heavy atom. The van der Waals surface area contributed by atoms with Gasteiger partial charge in [-0.3, -0.25) is 18.6 Å². The smallest absolute Gasteiger partial charge is 0.462 e. The first-order valence-electron chi connectivity index (χ1n) is 27.3. The largest absolute Gasteiger partial charge is 0.472 e. The highest BCUT2D eigenvalue weighted by Crippen LogP contribution is 2.43. The Labute approximate surface area is 428 Å². The lowest BCUT2D eigenvalue weighted by atomic mass is 10.1. The molecule has 0 aliphatic carbocycles. The number of carbonyl (C=O) groups excluding carboxylic acids is 2. The SMILES string of the molecule is CC/C=C\C/C=C\C/C=C\C/C=C\C/C=C\C/C=C\C/C=C\C/C=C\CCCCCCCCCCC(=O)OC(COC(=O)CCCCCCC/C=C\C/C=C\CCC)COP(=O)(O)OCC[N+](C)(C)C. The number of likely N-dealkylation sites (N-methyl/N-ethyl adjacent to an activating group) is 1. The van der Waals surface area contributed by atoms with E-state index in [1.54, 1.807) is 0 Å². The average Bonchev–Trinajstić information content (AvgIpc) is 3.32. The topological polar surface area (TPSA) is 108 Å². The maximum absolute atomic E-state index is 12.8. The van der Waals surface area contributed by atoms with Crippen LogP contribution in [0.4, 0.5) is 0 Å². The lowest BCUT2D eigenvalue weighted by Crippen LogP contribution is -2.37. The van der Waals surface area contributed by atoms with Gasteiger partial charge in [0.05, 0.1) is 27.7 Å². The third-order valence-corrected chi connectivity index (χ3v) is 11.9. The van der Waals surface area contributed by atoms with Gasteiger partial charge in [-0.15, -0.1) is 0 Å². The molecule has 9 nitrogen and oxygen atoms in total. The molecule has 0 aliphatic rings. The van der Waals surface area contributed by atoms with Crippen LogP contribution in [-0.4, -0.2) is 74.9 Å². The van der Waals surface area contributed by atoms with Gasteiger partial charge < -0.3 is 18.9 Å². The molecule has 0 heterocycles. The molecule has 10 heteroatoms. The van der Waals surface area contributed by atoms with Crippen molar-refractivity contribution in [3.8, 4) is 0 Å². The number of hydrogen-bond acceptors (Lipinski definition) is 7. The number of carbonyl (C=O) groups is 2. The number of phosphoric acid groups is 1. The Morgan fingerprint density at radius 3 is 1.21 bits per heavy atom. The highest BCUT2D eigenvalue weighted by Gasteiger charge is 2.27. The van der Waals surface area contributed by atoms with Crippen molar-refractivity contribution in [2.75, 3.05) is 47.5 Å². The number of unbranched alkanes of at least 4 members (excludes halogenated alkanes) is 14. The van der Waals surface area contributed by atoms with Crippen LogP contribution in [0.15, 0.2) is 122 Å². The summed E-state index contributed by atoms with van der Waals surface area (Å²) in [5.41, 5.74) is 0. The van der Waals surface area contributed by atoms with E-state index in [4.69, 9.17) is 18.5 Å². The van der Waals surface area contributed by atoms with Crippen LogP contribution in [0.3, 0.4) is 0 Å². The molecular weight excluding hydrogens is 894 g/mol. The minimum atomic E-state index is -4.39. The predicted octanol–water partition coefficient (Wildman–Crippen LogP) is 16.8. The number of allylic oxidation sites excluding steroid dienone is 20. The highest BCUT2D eigenvalue weighted by molar-refractivity contribution is 7.47. The number of quaternary nitrogens is 1. The summed E-state index contributed by atoms with van der Waals surface area (Å²) in [6, 6.07) is 0. The molecule has 398 valence electrons. The Balaban J connectivity index is 4.19. The van der Waals surface area contributed by atoms with Crippen LogP contribution in [0.1, 0.15) is 194 Å².